The van der Waals surface area contributed by atoms with E-state index >= 15 is 0 Å². The molecule has 20 heteroatoms. The van der Waals surface area contributed by atoms with Gasteiger partial charge < -0.3 is 56.3 Å². The van der Waals surface area contributed by atoms with Gasteiger partial charge in [0.05, 0.1) is 43.7 Å². The lowest BCUT2D eigenvalue weighted by Gasteiger charge is -2.70. The van der Waals surface area contributed by atoms with Crippen LogP contribution >= 0.6 is 0 Å². The zero-order chi connectivity index (χ0) is 76.8. The Morgan fingerprint density at radius 2 is 0.906 bits per heavy atom. The van der Waals surface area contributed by atoms with Gasteiger partial charge in [-0.15, -0.1) is 0 Å². The predicted molar refractivity (Wildman–Crippen MR) is 384 cm³/mol. The largest absolute Gasteiger partial charge is 0.472 e. The number of carbonyl (C=O) groups is 8. The van der Waals surface area contributed by atoms with Crippen molar-refractivity contribution in [1.29, 1.82) is 0 Å². The van der Waals surface area contributed by atoms with Crippen molar-refractivity contribution in [2.45, 2.75) is 263 Å². The van der Waals surface area contributed by atoms with Crippen LogP contribution in [-0.2, 0) is 76.3 Å². The minimum Gasteiger partial charge on any atom is -0.472 e. The molecule has 0 bridgehead atoms. The van der Waals surface area contributed by atoms with Crippen molar-refractivity contribution in [1.82, 2.24) is 0 Å². The van der Waals surface area contributed by atoms with Crippen LogP contribution in [0, 0.1) is 100 Å². The number of esters is 7. The number of epoxide rings is 1. The molecule has 2 saturated heterocycles. The average Bonchev–Trinajstić information content (AvgIpc) is 1.45. The SMILES string of the molecule is CC(=O)O[C@@H]1CC2C(C)(C)C(=O)C=C[C@]2(C)C2CC[C@]3(C)C(=CC(=O)O[C@H]3c3ccoc3)[C@@]21C.CC(=O)O[C@@H]1CC2C(C)(C)[C@H](O)C=C[C@]2(C)C2CC[C@]3(C)C(=CC(=O)O[C@H]3c3ccoc3)[C@@]21C.CC(=O)O[C@H]1CC[C@@]2(C)C(C[C@@H](OC(C)=O)[C@]3(C)C2CC[C@@]2(C)[C@H](c4ccoc4)OC(=O)[C@H]4O[C@]423)C1(C)C. The Hall–Kier alpha value is -7.32. The van der Waals surface area contributed by atoms with Gasteiger partial charge in [0.15, 0.2) is 11.9 Å². The molecule has 25 atom stereocenters. The number of aliphatic hydroxyl groups excluding tert-OH is 1. The molecular weight excluding hydrogens is 1350 g/mol. The number of hydrogen-bond acceptors (Lipinski definition) is 20. The van der Waals surface area contributed by atoms with E-state index in [9.17, 15) is 43.5 Å². The molecule has 7 heterocycles. The van der Waals surface area contributed by atoms with Crippen molar-refractivity contribution < 1.29 is 94.6 Å². The maximum Gasteiger partial charge on any atom is 0.339 e. The van der Waals surface area contributed by atoms with Gasteiger partial charge in [0.2, 0.25) is 0 Å². The number of carbonyl (C=O) groups excluding carboxylic acids is 8. The predicted octanol–water partition coefficient (Wildman–Crippen LogP) is 15.6. The van der Waals surface area contributed by atoms with Crippen LogP contribution in [0.2, 0.25) is 0 Å². The summed E-state index contributed by atoms with van der Waals surface area (Å²) in [5.74, 6) is -1.65. The average molecular weight is 1460 g/mol. The molecule has 1 N–H and O–H groups in total. The summed E-state index contributed by atoms with van der Waals surface area (Å²) in [5.41, 5.74) is -1.43. The fourth-order valence-electron chi connectivity index (χ4n) is 26.7. The lowest BCUT2D eigenvalue weighted by atomic mass is 9.34. The summed E-state index contributed by atoms with van der Waals surface area (Å²) >= 11 is 0. The molecule has 3 aromatic rings. The van der Waals surface area contributed by atoms with E-state index in [0.717, 1.165) is 79.2 Å². The second-order valence-electron chi connectivity index (χ2n) is 37.7. The zero-order valence-electron chi connectivity index (χ0n) is 65.3. The first-order valence-electron chi connectivity index (χ1n) is 38.5. The molecule has 0 aromatic carbocycles. The summed E-state index contributed by atoms with van der Waals surface area (Å²) in [6.07, 6.45) is 25.3. The van der Waals surface area contributed by atoms with Crippen molar-refractivity contribution in [2.75, 3.05) is 0 Å². The first-order valence-corrected chi connectivity index (χ1v) is 38.5. The highest BCUT2D eigenvalue weighted by Gasteiger charge is 2.89. The molecule has 0 radical (unpaired) electrons. The molecule has 574 valence electrons. The van der Waals surface area contributed by atoms with E-state index in [0.29, 0.717) is 19.3 Å². The van der Waals surface area contributed by atoms with Crippen LogP contribution in [0.4, 0.5) is 0 Å². The van der Waals surface area contributed by atoms with Gasteiger partial charge in [-0.1, -0.05) is 122 Å². The minimum atomic E-state index is -0.828. The Kier molecular flexibility index (Phi) is 17.7. The molecule has 7 saturated carbocycles. The van der Waals surface area contributed by atoms with E-state index in [4.69, 9.17) is 51.1 Å². The number of aliphatic hydroxyl groups is 1. The third-order valence-corrected chi connectivity index (χ3v) is 31.7. The maximum atomic E-state index is 13.4. The molecule has 3 aromatic heterocycles. The monoisotopic (exact) mass is 1460 g/mol. The molecule has 9 aliphatic carbocycles. The summed E-state index contributed by atoms with van der Waals surface area (Å²) in [4.78, 5) is 101. The Morgan fingerprint density at radius 1 is 0.462 bits per heavy atom. The molecular formula is C86H110O20. The van der Waals surface area contributed by atoms with Crippen LogP contribution < -0.4 is 0 Å². The first kappa shape index (κ1) is 75.5. The second kappa shape index (κ2) is 24.8. The van der Waals surface area contributed by atoms with Gasteiger partial charge in [-0.2, -0.15) is 0 Å². The van der Waals surface area contributed by atoms with E-state index in [-0.39, 0.29) is 116 Å². The second-order valence-corrected chi connectivity index (χ2v) is 37.7. The number of furan rings is 3. The Bertz CT molecular complexity index is 4190. The highest BCUT2D eigenvalue weighted by Crippen LogP contribution is 2.81. The van der Waals surface area contributed by atoms with Gasteiger partial charge in [0, 0.05) is 99.9 Å². The number of allylic oxidation sites excluding steroid dienone is 3. The van der Waals surface area contributed by atoms with Crippen LogP contribution in [0.1, 0.15) is 237 Å². The molecule has 106 heavy (non-hydrogen) atoms. The van der Waals surface area contributed by atoms with E-state index in [1.54, 1.807) is 55.8 Å². The molecule has 4 aliphatic heterocycles. The maximum absolute atomic E-state index is 13.4. The van der Waals surface area contributed by atoms with Crippen LogP contribution in [0.5, 0.6) is 0 Å². The van der Waals surface area contributed by atoms with Gasteiger partial charge in [0.25, 0.3) is 0 Å². The van der Waals surface area contributed by atoms with E-state index in [2.05, 4.69) is 102 Å². The first-order chi connectivity index (χ1) is 49.4. The van der Waals surface area contributed by atoms with Crippen molar-refractivity contribution in [3.8, 4) is 0 Å². The number of cyclic esters (lactones) is 3. The van der Waals surface area contributed by atoms with Crippen LogP contribution in [0.15, 0.2) is 117 Å². The zero-order valence-corrected chi connectivity index (χ0v) is 65.3. The fourth-order valence-corrected chi connectivity index (χ4v) is 26.7. The number of fused-ring (bicyclic) bond motifs is 13. The molecule has 20 nitrogen and oxygen atoms in total. The Labute approximate surface area is 622 Å². The number of hydrogen-bond donors (Lipinski definition) is 1. The van der Waals surface area contributed by atoms with Crippen molar-refractivity contribution in [2.24, 2.45) is 100 Å². The standard InChI is InChI=1S/C30H40O8.C28H36O6.C28H34O6/c1-16(31)35-21-9-11-27(5)19-8-12-28(6)23(18-10-13-34-15-18)37-25(33)24-30(28,38-24)29(19,7)22(36-17(2)32)14-20(27)26(21,3)4;2*1-16(29)33-22-13-19-25(2,3)21(30)8-11-26(19,4)18-7-10-27(5)20(28(18,22)6)14-23(31)34-24(27)17-9-12-32-15-17/h10,13,15,19-24H,8-9,11-12,14H2,1-7H3;8-9,11-12,14-15,18-19,21-22,24,30H,7,10,13H2,1-6H3;8-9,11-12,14-15,18-19,22,24H,7,10,13H2,1-6H3/t19?,20?,21-,22+,23-,24+,27+,28-,29-,30+;18?,19?,21-,22-,24+,26-,27-,28-;18?,19?,22-,24+,26-,27-,28-/m011/s1. The fraction of sp³-hybridized carbons (Fsp3) is 0.674. The number of rotatable bonds is 7. The highest BCUT2D eigenvalue weighted by molar-refractivity contribution is 5.96. The molecule has 9 fully saturated rings. The Morgan fingerprint density at radius 3 is 1.39 bits per heavy atom. The van der Waals surface area contributed by atoms with Crippen LogP contribution in [0.3, 0.4) is 0 Å². The lowest BCUT2D eigenvalue weighted by molar-refractivity contribution is -0.276. The summed E-state index contributed by atoms with van der Waals surface area (Å²) in [6, 6.07) is 5.56. The molecule has 0 amide bonds. The molecule has 16 rings (SSSR count). The van der Waals surface area contributed by atoms with Gasteiger partial charge in [-0.25, -0.2) is 14.4 Å². The summed E-state index contributed by atoms with van der Waals surface area (Å²) < 4.78 is 64.6. The summed E-state index contributed by atoms with van der Waals surface area (Å²) in [5, 5.41) is 10.8. The number of ketones is 1. The van der Waals surface area contributed by atoms with Crippen molar-refractivity contribution in [3.05, 3.63) is 120 Å². The van der Waals surface area contributed by atoms with Gasteiger partial charge >= 0.3 is 41.8 Å². The third-order valence-electron chi connectivity index (χ3n) is 31.7. The van der Waals surface area contributed by atoms with Crippen molar-refractivity contribution in [3.63, 3.8) is 0 Å². The smallest absolute Gasteiger partial charge is 0.339 e. The van der Waals surface area contributed by atoms with Crippen LogP contribution in [-0.4, -0.2) is 94.9 Å². The normalized spacial score (nSPS) is 45.3. The summed E-state index contributed by atoms with van der Waals surface area (Å²) in [7, 11) is 0. The third kappa shape index (κ3) is 10.5. The minimum absolute atomic E-state index is 0.0186. The van der Waals surface area contributed by atoms with Gasteiger partial charge in [0.1, 0.15) is 48.3 Å². The quantitative estimate of drug-likeness (QED) is 0.0996. The van der Waals surface area contributed by atoms with E-state index in [1.165, 1.54) is 27.7 Å². The molecule has 13 aliphatic rings. The number of ether oxygens (including phenoxy) is 8. The molecule has 1 spiro atoms. The lowest BCUT2D eigenvalue weighted by Crippen LogP contribution is -2.73. The van der Waals surface area contributed by atoms with Crippen LogP contribution in [0.25, 0.3) is 0 Å². The van der Waals surface area contributed by atoms with Gasteiger partial charge in [-0.3, -0.25) is 24.0 Å². The van der Waals surface area contributed by atoms with E-state index < -0.39 is 92.3 Å². The Balaban J connectivity index is 0.000000134. The molecule has 6 unspecified atom stereocenters. The highest BCUT2D eigenvalue weighted by atomic mass is 16.7. The van der Waals surface area contributed by atoms with E-state index in [1.807, 2.05) is 38.1 Å². The topological polar surface area (TPSA) is 273 Å². The van der Waals surface area contributed by atoms with Gasteiger partial charge in [-0.05, 0) is 163 Å². The summed E-state index contributed by atoms with van der Waals surface area (Å²) in [6.45, 7) is 38.3. The van der Waals surface area contributed by atoms with Crippen molar-refractivity contribution >= 4 is 47.6 Å².